The highest BCUT2D eigenvalue weighted by atomic mass is 16.2. The lowest BCUT2D eigenvalue weighted by atomic mass is 10.2. The molecule has 1 aliphatic rings. The predicted octanol–water partition coefficient (Wildman–Crippen LogP) is 2.52. The quantitative estimate of drug-likeness (QED) is 0.817. The van der Waals surface area contributed by atoms with Crippen LogP contribution in [0.1, 0.15) is 25.5 Å². The summed E-state index contributed by atoms with van der Waals surface area (Å²) < 4.78 is 0. The van der Waals surface area contributed by atoms with Crippen LogP contribution in [0, 0.1) is 6.92 Å². The van der Waals surface area contributed by atoms with E-state index >= 15 is 0 Å². The van der Waals surface area contributed by atoms with E-state index in [1.807, 2.05) is 13.0 Å². The number of rotatable bonds is 5. The Morgan fingerprint density at radius 2 is 2.48 bits per heavy atom. The number of likely N-dealkylation sites (tertiary alicyclic amines) is 1. The molecule has 1 atom stereocenters. The molecule has 1 fully saturated rings. The van der Waals surface area contributed by atoms with E-state index in [9.17, 15) is 4.79 Å². The number of nitrogens with one attached hydrogen (secondary N) is 2. The molecule has 0 radical (unpaired) electrons. The molecular formula is C16H22N4O. The molecule has 2 N–H and O–H groups in total. The molecule has 5 heteroatoms. The first kappa shape index (κ1) is 15.3. The lowest BCUT2D eigenvalue weighted by molar-refractivity contribution is -0.117. The van der Waals surface area contributed by atoms with Crippen LogP contribution in [0.4, 0.5) is 11.4 Å². The normalized spacial score (nSPS) is 18.1. The van der Waals surface area contributed by atoms with Gasteiger partial charge in [-0.1, -0.05) is 6.58 Å². The number of amides is 1. The Morgan fingerprint density at radius 1 is 1.67 bits per heavy atom. The third-order valence-electron chi connectivity index (χ3n) is 3.74. The first-order chi connectivity index (χ1) is 10.1. The number of nitrogens with zero attached hydrogens (tertiary/aromatic N) is 2. The Balaban J connectivity index is 1.98. The smallest absolute Gasteiger partial charge is 0.238 e. The molecular weight excluding hydrogens is 264 g/mol. The predicted molar refractivity (Wildman–Crippen MR) is 85.2 cm³/mol. The van der Waals surface area contributed by atoms with E-state index in [2.05, 4.69) is 39.8 Å². The van der Waals surface area contributed by atoms with Crippen LogP contribution in [0.3, 0.4) is 0 Å². The fourth-order valence-electron chi connectivity index (χ4n) is 2.49. The highest BCUT2D eigenvalue weighted by Gasteiger charge is 2.22. The lowest BCUT2D eigenvalue weighted by Crippen LogP contribution is -2.35. The van der Waals surface area contributed by atoms with E-state index in [1.54, 1.807) is 12.4 Å². The van der Waals surface area contributed by atoms with Gasteiger partial charge < -0.3 is 10.6 Å². The summed E-state index contributed by atoms with van der Waals surface area (Å²) in [6, 6.07) is 2.35. The summed E-state index contributed by atoms with van der Waals surface area (Å²) in [4.78, 5) is 18.6. The van der Waals surface area contributed by atoms with Crippen molar-refractivity contribution in [3.8, 4) is 0 Å². The molecule has 21 heavy (non-hydrogen) atoms. The van der Waals surface area contributed by atoms with Crippen molar-refractivity contribution >= 4 is 17.3 Å². The summed E-state index contributed by atoms with van der Waals surface area (Å²) in [5, 5.41) is 5.93. The minimum Gasteiger partial charge on any atom is -0.354 e. The van der Waals surface area contributed by atoms with Crippen molar-refractivity contribution in [1.82, 2.24) is 9.88 Å². The molecule has 1 aromatic rings. The lowest BCUT2D eigenvalue weighted by Gasteiger charge is -2.20. The van der Waals surface area contributed by atoms with Crippen molar-refractivity contribution in [2.24, 2.45) is 0 Å². The van der Waals surface area contributed by atoms with E-state index in [4.69, 9.17) is 0 Å². The maximum atomic E-state index is 12.1. The van der Waals surface area contributed by atoms with Crippen molar-refractivity contribution in [1.29, 1.82) is 0 Å². The largest absolute Gasteiger partial charge is 0.354 e. The van der Waals surface area contributed by atoms with Gasteiger partial charge >= 0.3 is 0 Å². The number of aromatic nitrogens is 1. The van der Waals surface area contributed by atoms with E-state index in [-0.39, 0.29) is 5.91 Å². The average molecular weight is 286 g/mol. The first-order valence-corrected chi connectivity index (χ1v) is 7.21. The van der Waals surface area contributed by atoms with Gasteiger partial charge in [-0.25, -0.2) is 0 Å². The number of carbonyl (C=O) groups is 1. The third-order valence-corrected chi connectivity index (χ3v) is 3.74. The van der Waals surface area contributed by atoms with Crippen molar-refractivity contribution in [3.05, 3.63) is 36.5 Å². The second-order valence-electron chi connectivity index (χ2n) is 5.36. The van der Waals surface area contributed by atoms with Crippen molar-refractivity contribution in [3.63, 3.8) is 0 Å². The van der Waals surface area contributed by atoms with Gasteiger partial charge in [-0.2, -0.15) is 0 Å². The summed E-state index contributed by atoms with van der Waals surface area (Å²) in [6.45, 7) is 9.00. The summed E-state index contributed by atoms with van der Waals surface area (Å²) in [7, 11) is 0. The van der Waals surface area contributed by atoms with Crippen LogP contribution in [0.5, 0.6) is 0 Å². The van der Waals surface area contributed by atoms with Crippen molar-refractivity contribution in [2.45, 2.75) is 32.7 Å². The van der Waals surface area contributed by atoms with Crippen LogP contribution >= 0.6 is 0 Å². The van der Waals surface area contributed by atoms with Crippen LogP contribution in [0.25, 0.3) is 0 Å². The van der Waals surface area contributed by atoms with Gasteiger partial charge in [0.1, 0.15) is 0 Å². The zero-order chi connectivity index (χ0) is 15.2. The Labute approximate surface area is 125 Å². The molecule has 2 heterocycles. The van der Waals surface area contributed by atoms with Crippen molar-refractivity contribution < 1.29 is 4.79 Å². The summed E-state index contributed by atoms with van der Waals surface area (Å²) >= 11 is 0. The molecule has 1 aromatic heterocycles. The molecule has 0 aromatic carbocycles. The van der Waals surface area contributed by atoms with E-state index in [1.165, 1.54) is 12.8 Å². The standard InChI is InChI=1S/C16H22N4O/c1-4-7-17-15-9-14(10-18-13(15)3)19-16(21)11-20-8-5-6-12(20)2/h7,9-10,12,17H,1,5-6,8,11H2,2-3H3,(H,19,21). The van der Waals surface area contributed by atoms with Gasteiger partial charge in [-0.05, 0) is 39.3 Å². The van der Waals surface area contributed by atoms with E-state index in [0.29, 0.717) is 18.3 Å². The minimum atomic E-state index is -0.000356. The zero-order valence-corrected chi connectivity index (χ0v) is 12.6. The molecule has 2 rings (SSSR count). The zero-order valence-electron chi connectivity index (χ0n) is 12.6. The second kappa shape index (κ2) is 7.07. The van der Waals surface area contributed by atoms with Crippen LogP contribution in [-0.4, -0.2) is 34.9 Å². The van der Waals surface area contributed by atoms with Gasteiger partial charge in [0.2, 0.25) is 5.91 Å². The Morgan fingerprint density at radius 3 is 3.14 bits per heavy atom. The molecule has 0 aliphatic carbocycles. The Hall–Kier alpha value is -2.10. The molecule has 0 saturated carbocycles. The summed E-state index contributed by atoms with van der Waals surface area (Å²) in [5.41, 5.74) is 5.03. The summed E-state index contributed by atoms with van der Waals surface area (Å²) in [5.74, 6) is -0.000356. The van der Waals surface area contributed by atoms with Crippen LogP contribution in [-0.2, 0) is 4.79 Å². The van der Waals surface area contributed by atoms with Gasteiger partial charge in [0.15, 0.2) is 0 Å². The highest BCUT2D eigenvalue weighted by molar-refractivity contribution is 5.92. The molecule has 1 amide bonds. The monoisotopic (exact) mass is 286 g/mol. The van der Waals surface area contributed by atoms with Crippen LogP contribution in [0.2, 0.25) is 0 Å². The van der Waals surface area contributed by atoms with E-state index < -0.39 is 0 Å². The topological polar surface area (TPSA) is 57.3 Å². The third kappa shape index (κ3) is 4.18. The molecule has 0 bridgehead atoms. The Bertz CT molecular complexity index is 563. The minimum absolute atomic E-state index is 0.000356. The molecule has 1 saturated heterocycles. The number of pyridine rings is 1. The molecule has 112 valence electrons. The van der Waals surface area contributed by atoms with Crippen LogP contribution in [0.15, 0.2) is 30.8 Å². The second-order valence-corrected chi connectivity index (χ2v) is 5.36. The molecule has 1 aliphatic heterocycles. The maximum Gasteiger partial charge on any atom is 0.238 e. The fourth-order valence-corrected chi connectivity index (χ4v) is 2.49. The van der Waals surface area contributed by atoms with Gasteiger partial charge in [0.05, 0.1) is 29.8 Å². The fraction of sp³-hybridized carbons (Fsp3) is 0.438. The SMILES string of the molecule is C=C=CNc1cc(NC(=O)CN2CCCC2C)cnc1C. The van der Waals surface area contributed by atoms with Gasteiger partial charge in [0.25, 0.3) is 0 Å². The molecule has 1 unspecified atom stereocenters. The first-order valence-electron chi connectivity index (χ1n) is 7.21. The van der Waals surface area contributed by atoms with Gasteiger partial charge in [0, 0.05) is 12.2 Å². The number of anilines is 2. The molecule has 0 spiro atoms. The average Bonchev–Trinajstić information content (AvgIpc) is 2.85. The Kier molecular flexibility index (Phi) is 5.14. The molecule has 5 nitrogen and oxygen atoms in total. The van der Waals surface area contributed by atoms with Gasteiger partial charge in [-0.3, -0.25) is 14.7 Å². The summed E-state index contributed by atoms with van der Waals surface area (Å²) in [6.07, 6.45) is 5.62. The van der Waals surface area contributed by atoms with E-state index in [0.717, 1.165) is 17.9 Å². The number of hydrogen-bond acceptors (Lipinski definition) is 4. The van der Waals surface area contributed by atoms with Crippen molar-refractivity contribution in [2.75, 3.05) is 23.7 Å². The van der Waals surface area contributed by atoms with Gasteiger partial charge in [-0.15, -0.1) is 5.73 Å². The number of hydrogen-bond donors (Lipinski definition) is 2. The maximum absolute atomic E-state index is 12.1. The highest BCUT2D eigenvalue weighted by Crippen LogP contribution is 2.19. The number of carbonyl (C=O) groups excluding carboxylic acids is 1. The number of aryl methyl sites for hydroxylation is 1. The van der Waals surface area contributed by atoms with Crippen LogP contribution < -0.4 is 10.6 Å².